The minimum atomic E-state index is 0.105. The van der Waals surface area contributed by atoms with Gasteiger partial charge in [-0.15, -0.1) is 11.3 Å². The van der Waals surface area contributed by atoms with Crippen LogP contribution in [-0.4, -0.2) is 22.0 Å². The highest BCUT2D eigenvalue weighted by Gasteiger charge is 2.27. The van der Waals surface area contributed by atoms with Gasteiger partial charge in [-0.3, -0.25) is 0 Å². The van der Waals surface area contributed by atoms with Crippen LogP contribution in [0.15, 0.2) is 170 Å². The van der Waals surface area contributed by atoms with Crippen molar-refractivity contribution >= 4 is 42.9 Å². The Bertz CT molecular complexity index is 2760. The fourth-order valence-electron chi connectivity index (χ4n) is 7.33. The Morgan fingerprint density at radius 1 is 0.453 bits per heavy atom. The lowest BCUT2D eigenvalue weighted by molar-refractivity contribution is 0.792. The highest BCUT2D eigenvalue weighted by molar-refractivity contribution is 7.25. The largest absolute Gasteiger partial charge is 0.360 e. The first kappa shape index (κ1) is 31.1. The van der Waals surface area contributed by atoms with Crippen molar-refractivity contribution in [2.45, 2.75) is 6.17 Å². The van der Waals surface area contributed by atoms with Gasteiger partial charge in [-0.25, -0.2) is 15.0 Å². The second-order valence-corrected chi connectivity index (χ2v) is 14.5. The number of thiophene rings is 1. The lowest BCUT2D eigenvalue weighted by atomic mass is 10.0. The van der Waals surface area contributed by atoms with Gasteiger partial charge in [0, 0.05) is 43.9 Å². The van der Waals surface area contributed by atoms with E-state index in [4.69, 9.17) is 15.0 Å². The van der Waals surface area contributed by atoms with E-state index in [1.165, 1.54) is 37.0 Å². The Morgan fingerprint density at radius 2 is 0.943 bits per heavy atom. The van der Waals surface area contributed by atoms with Gasteiger partial charge in [-0.05, 0) is 58.1 Å². The standard InChI is InChI=1S/C47H33N5S/c1-52-41-29-37(24-26-40(41)48-47(52)35-12-6-3-7-13-35)31-18-22-34(23-19-31)46-50-44(32-10-4-2-5-11-32)49-45(51-46)33-20-16-30(17-21-33)36-25-27-43-39(28-36)38-14-8-9-15-42(38)53-43/h2-29,47-48H,1H3. The summed E-state index contributed by atoms with van der Waals surface area (Å²) in [5.74, 6) is 1.93. The third-order valence-electron chi connectivity index (χ3n) is 10.2. The molecule has 1 aliphatic heterocycles. The number of nitrogens with zero attached hydrogens (tertiary/aromatic N) is 4. The predicted molar refractivity (Wildman–Crippen MR) is 221 cm³/mol. The van der Waals surface area contributed by atoms with Crippen LogP contribution in [0.2, 0.25) is 0 Å². The van der Waals surface area contributed by atoms with Crippen molar-refractivity contribution in [3.63, 3.8) is 0 Å². The van der Waals surface area contributed by atoms with Gasteiger partial charge in [-0.1, -0.05) is 140 Å². The van der Waals surface area contributed by atoms with Gasteiger partial charge >= 0.3 is 0 Å². The van der Waals surface area contributed by atoms with Gasteiger partial charge in [-0.2, -0.15) is 0 Å². The maximum absolute atomic E-state index is 5.03. The Balaban J connectivity index is 0.967. The number of hydrogen-bond donors (Lipinski definition) is 1. The van der Waals surface area contributed by atoms with Crippen LogP contribution in [0.1, 0.15) is 11.7 Å². The molecule has 0 spiro atoms. The summed E-state index contributed by atoms with van der Waals surface area (Å²) in [4.78, 5) is 17.3. The molecule has 0 amide bonds. The molecule has 0 saturated heterocycles. The summed E-state index contributed by atoms with van der Waals surface area (Å²) in [7, 11) is 2.14. The molecule has 9 aromatic rings. The monoisotopic (exact) mass is 699 g/mol. The van der Waals surface area contributed by atoms with Crippen LogP contribution < -0.4 is 10.2 Å². The summed E-state index contributed by atoms with van der Waals surface area (Å²) in [5.41, 5.74) is 11.0. The molecular formula is C47H33N5S. The van der Waals surface area contributed by atoms with E-state index in [1.807, 2.05) is 41.7 Å². The van der Waals surface area contributed by atoms with Crippen LogP contribution in [0, 0.1) is 0 Å². The van der Waals surface area contributed by atoms with E-state index < -0.39 is 0 Å². The molecule has 0 saturated carbocycles. The van der Waals surface area contributed by atoms with E-state index in [9.17, 15) is 0 Å². The van der Waals surface area contributed by atoms with Crippen LogP contribution in [0.5, 0.6) is 0 Å². The van der Waals surface area contributed by atoms with Crippen molar-refractivity contribution in [2.24, 2.45) is 0 Å². The van der Waals surface area contributed by atoms with Crippen molar-refractivity contribution in [1.29, 1.82) is 0 Å². The minimum Gasteiger partial charge on any atom is -0.360 e. The van der Waals surface area contributed by atoms with Crippen molar-refractivity contribution in [1.82, 2.24) is 15.0 Å². The molecule has 6 heteroatoms. The maximum atomic E-state index is 5.03. The smallest absolute Gasteiger partial charge is 0.164 e. The summed E-state index contributed by atoms with van der Waals surface area (Å²) in [6.45, 7) is 0. The molecule has 10 rings (SSSR count). The first-order chi connectivity index (χ1) is 26.1. The Morgan fingerprint density at radius 3 is 1.60 bits per heavy atom. The molecule has 1 aliphatic rings. The molecule has 0 bridgehead atoms. The quantitative estimate of drug-likeness (QED) is 0.187. The molecule has 0 aliphatic carbocycles. The summed E-state index contributed by atoms with van der Waals surface area (Å²) in [5, 5.41) is 6.27. The van der Waals surface area contributed by atoms with Crippen LogP contribution in [-0.2, 0) is 0 Å². The Hall–Kier alpha value is -6.63. The summed E-state index contributed by atoms with van der Waals surface area (Å²) in [6.07, 6.45) is 0.105. The summed E-state index contributed by atoms with van der Waals surface area (Å²) in [6, 6.07) is 59.8. The number of benzene rings is 7. The van der Waals surface area contributed by atoms with E-state index in [-0.39, 0.29) is 6.17 Å². The van der Waals surface area contributed by atoms with Crippen molar-refractivity contribution in [3.8, 4) is 56.4 Å². The van der Waals surface area contributed by atoms with Crippen molar-refractivity contribution in [2.75, 3.05) is 17.3 Å². The van der Waals surface area contributed by atoms with E-state index in [1.54, 1.807) is 0 Å². The average Bonchev–Trinajstić information content (AvgIpc) is 3.78. The normalized spacial score (nSPS) is 13.7. The molecule has 0 fully saturated rings. The fourth-order valence-corrected chi connectivity index (χ4v) is 8.42. The number of anilines is 2. The lowest BCUT2D eigenvalue weighted by Crippen LogP contribution is -2.23. The van der Waals surface area contributed by atoms with Crippen LogP contribution >= 0.6 is 11.3 Å². The second-order valence-electron chi connectivity index (χ2n) is 13.4. The van der Waals surface area contributed by atoms with Crippen LogP contribution in [0.25, 0.3) is 76.6 Å². The fraction of sp³-hybridized carbons (Fsp3) is 0.0426. The molecule has 7 aromatic carbocycles. The van der Waals surface area contributed by atoms with Crippen molar-refractivity contribution in [3.05, 3.63) is 175 Å². The SMILES string of the molecule is CN1c2cc(-c3ccc(-c4nc(-c5ccccc5)nc(-c5ccc(-c6ccc7sc8ccccc8c7c6)cc5)n4)cc3)ccc2NC1c1ccccc1. The third kappa shape index (κ3) is 5.70. The zero-order valence-electron chi connectivity index (χ0n) is 28.9. The Kier molecular flexibility index (Phi) is 7.55. The molecule has 252 valence electrons. The molecular weight excluding hydrogens is 667 g/mol. The highest BCUT2D eigenvalue weighted by Crippen LogP contribution is 2.42. The topological polar surface area (TPSA) is 53.9 Å². The summed E-state index contributed by atoms with van der Waals surface area (Å²) >= 11 is 1.84. The molecule has 3 heterocycles. The number of rotatable bonds is 6. The minimum absolute atomic E-state index is 0.105. The zero-order chi connectivity index (χ0) is 35.3. The molecule has 2 aromatic heterocycles. The van der Waals surface area contributed by atoms with Gasteiger partial charge in [0.15, 0.2) is 17.5 Å². The van der Waals surface area contributed by atoms with E-state index in [0.29, 0.717) is 17.5 Å². The molecule has 1 N–H and O–H groups in total. The first-order valence-corrected chi connectivity index (χ1v) is 18.6. The predicted octanol–water partition coefficient (Wildman–Crippen LogP) is 12.1. The maximum Gasteiger partial charge on any atom is 0.164 e. The van der Waals surface area contributed by atoms with Crippen LogP contribution in [0.4, 0.5) is 11.4 Å². The van der Waals surface area contributed by atoms with E-state index in [2.05, 4.69) is 157 Å². The third-order valence-corrected chi connectivity index (χ3v) is 11.3. The van der Waals surface area contributed by atoms with Gasteiger partial charge < -0.3 is 10.2 Å². The van der Waals surface area contributed by atoms with E-state index >= 15 is 0 Å². The average molecular weight is 700 g/mol. The van der Waals surface area contributed by atoms with Gasteiger partial charge in [0.1, 0.15) is 6.17 Å². The van der Waals surface area contributed by atoms with E-state index in [0.717, 1.165) is 39.1 Å². The van der Waals surface area contributed by atoms with Gasteiger partial charge in [0.25, 0.3) is 0 Å². The first-order valence-electron chi connectivity index (χ1n) is 17.8. The van der Waals surface area contributed by atoms with Gasteiger partial charge in [0.2, 0.25) is 0 Å². The number of nitrogens with one attached hydrogen (secondary N) is 1. The highest BCUT2D eigenvalue weighted by atomic mass is 32.1. The molecule has 53 heavy (non-hydrogen) atoms. The molecule has 1 unspecified atom stereocenters. The lowest BCUT2D eigenvalue weighted by Gasteiger charge is -2.22. The summed E-state index contributed by atoms with van der Waals surface area (Å²) < 4.78 is 2.62. The van der Waals surface area contributed by atoms with Crippen molar-refractivity contribution < 1.29 is 0 Å². The number of aromatic nitrogens is 3. The van der Waals surface area contributed by atoms with Crippen LogP contribution in [0.3, 0.4) is 0 Å². The molecule has 1 atom stereocenters. The molecule has 5 nitrogen and oxygen atoms in total. The van der Waals surface area contributed by atoms with Gasteiger partial charge in [0.05, 0.1) is 11.4 Å². The zero-order valence-corrected chi connectivity index (χ0v) is 29.8. The molecule has 0 radical (unpaired) electrons. The Labute approximate surface area is 311 Å². The number of fused-ring (bicyclic) bond motifs is 4. The number of hydrogen-bond acceptors (Lipinski definition) is 6. The second kappa shape index (κ2) is 12.9.